The minimum Gasteiger partial charge on any atom is -0.307 e. The van der Waals surface area contributed by atoms with E-state index in [4.69, 9.17) is 4.98 Å². The second kappa shape index (κ2) is 4.90. The molecule has 0 spiro atoms. The number of rotatable bonds is 0. The molecular weight excluding hydrogens is 342 g/mol. The third kappa shape index (κ3) is 1.58. The van der Waals surface area contributed by atoms with E-state index in [1.807, 2.05) is 6.33 Å². The van der Waals surface area contributed by atoms with Crippen molar-refractivity contribution in [2.24, 2.45) is 0 Å². The summed E-state index contributed by atoms with van der Waals surface area (Å²) in [6, 6.07) is 30.3. The molecule has 0 aliphatic carbocycles. The molecular formula is C25H15N3. The van der Waals surface area contributed by atoms with Gasteiger partial charge in [0.15, 0.2) is 0 Å². The summed E-state index contributed by atoms with van der Waals surface area (Å²) in [5.74, 6) is 0. The van der Waals surface area contributed by atoms with Crippen LogP contribution < -0.4 is 0 Å². The first-order valence-corrected chi connectivity index (χ1v) is 9.50. The monoisotopic (exact) mass is 357 g/mol. The fraction of sp³-hybridized carbons (Fsp3) is 0. The van der Waals surface area contributed by atoms with Crippen LogP contribution in [0.25, 0.3) is 54.6 Å². The molecule has 0 aliphatic heterocycles. The molecule has 0 saturated heterocycles. The van der Waals surface area contributed by atoms with Crippen molar-refractivity contribution in [1.29, 1.82) is 0 Å². The van der Waals surface area contributed by atoms with E-state index in [2.05, 4.69) is 93.7 Å². The molecule has 0 aliphatic rings. The smallest absolute Gasteiger partial charge is 0.100 e. The van der Waals surface area contributed by atoms with Crippen LogP contribution in [0.15, 0.2) is 91.3 Å². The van der Waals surface area contributed by atoms with Crippen molar-refractivity contribution in [2.75, 3.05) is 0 Å². The molecule has 0 unspecified atom stereocenters. The van der Waals surface area contributed by atoms with Gasteiger partial charge >= 0.3 is 0 Å². The maximum Gasteiger partial charge on any atom is 0.100 e. The maximum absolute atomic E-state index is 4.71. The minimum absolute atomic E-state index is 1.02. The average Bonchev–Trinajstić information content (AvgIpc) is 3.32. The predicted octanol–water partition coefficient (Wildman–Crippen LogP) is 6.20. The van der Waals surface area contributed by atoms with Gasteiger partial charge in [0.2, 0.25) is 0 Å². The van der Waals surface area contributed by atoms with Crippen LogP contribution in [0.4, 0.5) is 0 Å². The van der Waals surface area contributed by atoms with Gasteiger partial charge in [0.05, 0.1) is 33.1 Å². The number of hydrogen-bond donors (Lipinski definition) is 0. The first-order chi connectivity index (χ1) is 13.9. The van der Waals surface area contributed by atoms with Crippen molar-refractivity contribution >= 4 is 54.6 Å². The molecule has 0 radical (unpaired) electrons. The number of benzene rings is 4. The molecule has 3 heterocycles. The highest BCUT2D eigenvalue weighted by Gasteiger charge is 2.15. The molecule has 7 aromatic rings. The van der Waals surface area contributed by atoms with Gasteiger partial charge in [-0.2, -0.15) is 0 Å². The van der Waals surface area contributed by atoms with E-state index >= 15 is 0 Å². The summed E-state index contributed by atoms with van der Waals surface area (Å²) in [4.78, 5) is 4.71. The Hall–Kier alpha value is -3.85. The van der Waals surface area contributed by atoms with Gasteiger partial charge in [-0.05, 0) is 24.3 Å². The normalized spacial score (nSPS) is 12.3. The standard InChI is InChI=1S/C25H15N3/c1-3-12-21-16(7-1)18-9-5-11-20-24(18)27(15-26-20)23-14-6-10-19-17-8-2-4-13-22(17)28(21)25(19)23/h1-15H. The zero-order chi connectivity index (χ0) is 18.2. The highest BCUT2D eigenvalue weighted by molar-refractivity contribution is 6.18. The third-order valence-electron chi connectivity index (χ3n) is 5.94. The van der Waals surface area contributed by atoms with Crippen LogP contribution in [-0.4, -0.2) is 13.8 Å². The second-order valence-corrected chi connectivity index (χ2v) is 7.33. The summed E-state index contributed by atoms with van der Waals surface area (Å²) in [7, 11) is 0. The van der Waals surface area contributed by atoms with E-state index in [1.54, 1.807) is 0 Å². The Bertz CT molecular complexity index is 1720. The Kier molecular flexibility index (Phi) is 2.49. The number of fused-ring (bicyclic) bond motifs is 7. The molecule has 3 nitrogen and oxygen atoms in total. The minimum atomic E-state index is 1.02. The lowest BCUT2D eigenvalue weighted by Crippen LogP contribution is -1.93. The van der Waals surface area contributed by atoms with Crippen molar-refractivity contribution in [1.82, 2.24) is 13.8 Å². The molecule has 0 amide bonds. The first kappa shape index (κ1) is 14.2. The molecule has 0 fully saturated rings. The fourth-order valence-electron chi connectivity index (χ4n) is 4.81. The highest BCUT2D eigenvalue weighted by atomic mass is 15.0. The highest BCUT2D eigenvalue weighted by Crippen LogP contribution is 2.36. The van der Waals surface area contributed by atoms with Crippen LogP contribution in [0.5, 0.6) is 0 Å². The topological polar surface area (TPSA) is 21.7 Å². The molecule has 0 atom stereocenters. The zero-order valence-corrected chi connectivity index (χ0v) is 15.0. The molecule has 0 N–H and O–H groups in total. The lowest BCUT2D eigenvalue weighted by atomic mass is 10.1. The predicted molar refractivity (Wildman–Crippen MR) is 116 cm³/mol. The number of para-hydroxylation sites is 4. The maximum atomic E-state index is 4.71. The fourth-order valence-corrected chi connectivity index (χ4v) is 4.81. The molecule has 3 aromatic heterocycles. The molecule has 0 saturated carbocycles. The molecule has 7 rings (SSSR count). The van der Waals surface area contributed by atoms with Gasteiger partial charge in [-0.1, -0.05) is 60.7 Å². The number of imidazole rings is 1. The summed E-state index contributed by atoms with van der Waals surface area (Å²) in [6.45, 7) is 0. The van der Waals surface area contributed by atoms with E-state index in [1.165, 1.54) is 43.6 Å². The number of aromatic nitrogens is 3. The lowest BCUT2D eigenvalue weighted by molar-refractivity contribution is 1.21. The zero-order valence-electron chi connectivity index (χ0n) is 15.0. The van der Waals surface area contributed by atoms with Gasteiger partial charge in [0.1, 0.15) is 6.33 Å². The average molecular weight is 357 g/mol. The Labute approximate surface area is 160 Å². The summed E-state index contributed by atoms with van der Waals surface area (Å²) in [6.07, 6.45) is 1.96. The largest absolute Gasteiger partial charge is 0.307 e. The SMILES string of the molecule is c1cc2ncn3c4cccc5c6ccccc6n(c6ccccc6c(c1)c23)c54. The number of hydrogen-bond acceptors (Lipinski definition) is 1. The summed E-state index contributed by atoms with van der Waals surface area (Å²) in [5.41, 5.74) is 7.02. The van der Waals surface area contributed by atoms with Gasteiger partial charge < -0.3 is 4.40 Å². The Morgan fingerprint density at radius 2 is 1.07 bits per heavy atom. The summed E-state index contributed by atoms with van der Waals surface area (Å²) < 4.78 is 4.66. The van der Waals surface area contributed by atoms with Crippen molar-refractivity contribution in [3.8, 4) is 0 Å². The van der Waals surface area contributed by atoms with Crippen LogP contribution in [0.1, 0.15) is 0 Å². The van der Waals surface area contributed by atoms with Crippen molar-refractivity contribution < 1.29 is 0 Å². The van der Waals surface area contributed by atoms with E-state index in [0.29, 0.717) is 0 Å². The van der Waals surface area contributed by atoms with Crippen molar-refractivity contribution in [2.45, 2.75) is 0 Å². The van der Waals surface area contributed by atoms with Gasteiger partial charge in [0.25, 0.3) is 0 Å². The quantitative estimate of drug-likeness (QED) is 0.317. The van der Waals surface area contributed by atoms with E-state index in [-0.39, 0.29) is 0 Å². The van der Waals surface area contributed by atoms with Crippen LogP contribution in [0, 0.1) is 0 Å². The van der Waals surface area contributed by atoms with Crippen molar-refractivity contribution in [3.05, 3.63) is 91.3 Å². The van der Waals surface area contributed by atoms with Crippen LogP contribution in [0.2, 0.25) is 0 Å². The third-order valence-corrected chi connectivity index (χ3v) is 5.94. The van der Waals surface area contributed by atoms with E-state index in [9.17, 15) is 0 Å². The Morgan fingerprint density at radius 3 is 1.82 bits per heavy atom. The lowest BCUT2D eigenvalue weighted by Gasteiger charge is -2.09. The molecule has 130 valence electrons. The summed E-state index contributed by atoms with van der Waals surface area (Å²) >= 11 is 0. The van der Waals surface area contributed by atoms with Gasteiger partial charge in [-0.15, -0.1) is 0 Å². The molecule has 3 heteroatoms. The Morgan fingerprint density at radius 1 is 0.500 bits per heavy atom. The van der Waals surface area contributed by atoms with Gasteiger partial charge in [0, 0.05) is 21.5 Å². The van der Waals surface area contributed by atoms with Crippen LogP contribution in [0.3, 0.4) is 0 Å². The van der Waals surface area contributed by atoms with Gasteiger partial charge in [-0.25, -0.2) is 4.98 Å². The van der Waals surface area contributed by atoms with Crippen LogP contribution >= 0.6 is 0 Å². The first-order valence-electron chi connectivity index (χ1n) is 9.50. The molecule has 4 aromatic carbocycles. The van der Waals surface area contributed by atoms with E-state index in [0.717, 1.165) is 11.0 Å². The Balaban J connectivity index is 2.04. The second-order valence-electron chi connectivity index (χ2n) is 7.33. The van der Waals surface area contributed by atoms with Gasteiger partial charge in [-0.3, -0.25) is 4.40 Å². The number of nitrogens with zero attached hydrogens (tertiary/aromatic N) is 3. The van der Waals surface area contributed by atoms with Crippen molar-refractivity contribution in [3.63, 3.8) is 0 Å². The molecule has 0 bridgehead atoms. The van der Waals surface area contributed by atoms with E-state index < -0.39 is 0 Å². The summed E-state index contributed by atoms with van der Waals surface area (Å²) in [5, 5.41) is 4.98. The van der Waals surface area contributed by atoms with Crippen LogP contribution in [-0.2, 0) is 0 Å². The molecule has 28 heavy (non-hydrogen) atoms.